The minimum Gasteiger partial charge on any atom is -0.452 e. The lowest BCUT2D eigenvalue weighted by Crippen LogP contribution is -2.41. The predicted octanol–water partition coefficient (Wildman–Crippen LogP) is 1.51. The quantitative estimate of drug-likeness (QED) is 0.622. The first-order valence-corrected chi connectivity index (χ1v) is 8.73. The smallest absolute Gasteiger partial charge is 0.340 e. The van der Waals surface area contributed by atoms with Crippen molar-refractivity contribution in [3.8, 4) is 5.82 Å². The average Bonchev–Trinajstić information content (AvgIpc) is 3.38. The molecule has 0 aromatic carbocycles. The molecule has 0 spiro atoms. The van der Waals surface area contributed by atoms with Crippen molar-refractivity contribution in [2.45, 2.75) is 6.54 Å². The van der Waals surface area contributed by atoms with Crippen molar-refractivity contribution in [2.24, 2.45) is 0 Å². The predicted molar refractivity (Wildman–Crippen MR) is 96.3 cm³/mol. The van der Waals surface area contributed by atoms with Crippen LogP contribution in [0.3, 0.4) is 0 Å². The Balaban J connectivity index is 1.42. The number of pyridine rings is 1. The molecule has 0 aliphatic heterocycles. The Labute approximate surface area is 158 Å². The van der Waals surface area contributed by atoms with Crippen LogP contribution in [-0.4, -0.2) is 39.3 Å². The van der Waals surface area contributed by atoms with Crippen molar-refractivity contribution < 1.29 is 19.1 Å². The second-order valence-corrected chi connectivity index (χ2v) is 6.27. The number of thiophene rings is 1. The summed E-state index contributed by atoms with van der Waals surface area (Å²) in [6.07, 6.45) is 4.65. The number of carbonyl (C=O) groups is 3. The fourth-order valence-corrected chi connectivity index (χ4v) is 2.69. The zero-order chi connectivity index (χ0) is 19.1. The van der Waals surface area contributed by atoms with E-state index in [2.05, 4.69) is 20.7 Å². The van der Waals surface area contributed by atoms with Gasteiger partial charge in [-0.25, -0.2) is 19.3 Å². The number of nitrogens with one attached hydrogen (secondary N) is 2. The Hall–Kier alpha value is -3.53. The van der Waals surface area contributed by atoms with Crippen molar-refractivity contribution >= 4 is 29.2 Å². The lowest BCUT2D eigenvalue weighted by molar-refractivity contribution is -0.123. The summed E-state index contributed by atoms with van der Waals surface area (Å²) in [5.74, 6) is -0.909. The number of hydrogen-bond donors (Lipinski definition) is 2. The molecule has 3 heterocycles. The van der Waals surface area contributed by atoms with Crippen LogP contribution in [0.4, 0.5) is 4.79 Å². The number of aromatic nitrogens is 3. The van der Waals surface area contributed by atoms with Crippen LogP contribution < -0.4 is 10.6 Å². The SMILES string of the molecule is O=C(COC(=O)c1ccc(-n2cccn2)nc1)NC(=O)NCc1cccs1. The second kappa shape index (κ2) is 8.72. The number of rotatable bonds is 6. The number of nitrogens with zero attached hydrogens (tertiary/aromatic N) is 3. The minimum atomic E-state index is -0.729. The molecule has 138 valence electrons. The summed E-state index contributed by atoms with van der Waals surface area (Å²) in [5, 5.41) is 10.5. The molecular formula is C17H15N5O4S. The van der Waals surface area contributed by atoms with Gasteiger partial charge in [-0.15, -0.1) is 11.3 Å². The van der Waals surface area contributed by atoms with E-state index >= 15 is 0 Å². The summed E-state index contributed by atoms with van der Waals surface area (Å²) in [5.41, 5.74) is 0.181. The number of urea groups is 1. The van der Waals surface area contributed by atoms with Gasteiger partial charge < -0.3 is 10.1 Å². The first-order valence-electron chi connectivity index (χ1n) is 7.85. The first-order chi connectivity index (χ1) is 13.1. The Morgan fingerprint density at radius 1 is 1.19 bits per heavy atom. The second-order valence-electron chi connectivity index (χ2n) is 5.24. The molecule has 0 bridgehead atoms. The highest BCUT2D eigenvalue weighted by atomic mass is 32.1. The van der Waals surface area contributed by atoms with Crippen LogP contribution in [-0.2, 0) is 16.1 Å². The zero-order valence-electron chi connectivity index (χ0n) is 14.0. The van der Waals surface area contributed by atoms with Gasteiger partial charge in [0, 0.05) is 23.5 Å². The highest BCUT2D eigenvalue weighted by Gasteiger charge is 2.13. The molecule has 27 heavy (non-hydrogen) atoms. The molecule has 9 nitrogen and oxygen atoms in total. The normalized spacial score (nSPS) is 10.2. The van der Waals surface area contributed by atoms with E-state index in [4.69, 9.17) is 4.74 Å². The molecular weight excluding hydrogens is 370 g/mol. The van der Waals surface area contributed by atoms with Gasteiger partial charge in [-0.05, 0) is 29.6 Å². The van der Waals surface area contributed by atoms with Gasteiger partial charge in [0.2, 0.25) is 0 Å². The number of ether oxygens (including phenoxy) is 1. The van der Waals surface area contributed by atoms with E-state index in [-0.39, 0.29) is 5.56 Å². The van der Waals surface area contributed by atoms with Crippen molar-refractivity contribution in [3.05, 3.63) is 64.7 Å². The van der Waals surface area contributed by atoms with E-state index in [9.17, 15) is 14.4 Å². The summed E-state index contributed by atoms with van der Waals surface area (Å²) < 4.78 is 6.42. The Kier molecular flexibility index (Phi) is 5.90. The molecule has 0 unspecified atom stereocenters. The topological polar surface area (TPSA) is 115 Å². The summed E-state index contributed by atoms with van der Waals surface area (Å²) in [7, 11) is 0. The first kappa shape index (κ1) is 18.3. The van der Waals surface area contributed by atoms with E-state index in [1.54, 1.807) is 24.5 Å². The van der Waals surface area contributed by atoms with Crippen LogP contribution in [0.2, 0.25) is 0 Å². The zero-order valence-corrected chi connectivity index (χ0v) is 14.8. The lowest BCUT2D eigenvalue weighted by Gasteiger charge is -2.07. The highest BCUT2D eigenvalue weighted by Crippen LogP contribution is 2.07. The summed E-state index contributed by atoms with van der Waals surface area (Å²) in [6.45, 7) is -0.267. The number of hydrogen-bond acceptors (Lipinski definition) is 7. The highest BCUT2D eigenvalue weighted by molar-refractivity contribution is 7.09. The van der Waals surface area contributed by atoms with E-state index in [1.807, 2.05) is 17.5 Å². The monoisotopic (exact) mass is 385 g/mol. The van der Waals surface area contributed by atoms with Crippen molar-refractivity contribution in [1.29, 1.82) is 0 Å². The van der Waals surface area contributed by atoms with Crippen molar-refractivity contribution in [1.82, 2.24) is 25.4 Å². The van der Waals surface area contributed by atoms with Crippen LogP contribution in [0.25, 0.3) is 5.82 Å². The fourth-order valence-electron chi connectivity index (χ4n) is 2.05. The van der Waals surface area contributed by atoms with E-state index < -0.39 is 24.5 Å². The summed E-state index contributed by atoms with van der Waals surface area (Å²) in [6, 6.07) is 7.93. The van der Waals surface area contributed by atoms with Gasteiger partial charge in [0.25, 0.3) is 5.91 Å². The van der Waals surface area contributed by atoms with E-state index in [0.717, 1.165) is 4.88 Å². The molecule has 0 fully saturated rings. The van der Waals surface area contributed by atoms with Gasteiger partial charge in [0.05, 0.1) is 12.1 Å². The van der Waals surface area contributed by atoms with E-state index in [0.29, 0.717) is 12.4 Å². The van der Waals surface area contributed by atoms with Gasteiger partial charge in [-0.2, -0.15) is 5.10 Å². The van der Waals surface area contributed by atoms with Crippen LogP contribution in [0.15, 0.2) is 54.3 Å². The average molecular weight is 385 g/mol. The lowest BCUT2D eigenvalue weighted by atomic mass is 10.3. The van der Waals surface area contributed by atoms with Crippen molar-refractivity contribution in [3.63, 3.8) is 0 Å². The molecule has 3 aromatic heterocycles. The molecule has 3 amide bonds. The van der Waals surface area contributed by atoms with Crippen LogP contribution in [0.1, 0.15) is 15.2 Å². The molecule has 0 atom stereocenters. The van der Waals surface area contributed by atoms with Crippen LogP contribution in [0.5, 0.6) is 0 Å². The maximum Gasteiger partial charge on any atom is 0.340 e. The van der Waals surface area contributed by atoms with Gasteiger partial charge in [-0.1, -0.05) is 6.07 Å². The summed E-state index contributed by atoms with van der Waals surface area (Å²) in [4.78, 5) is 40.3. The standard InChI is InChI=1S/C17H15N5O4S/c23-15(21-17(25)19-10-13-3-1-8-27-13)11-26-16(24)12-4-5-14(18-9-12)22-7-2-6-20-22/h1-9H,10-11H2,(H2,19,21,23,25). The van der Waals surface area contributed by atoms with E-state index in [1.165, 1.54) is 28.3 Å². The Bertz CT molecular complexity index is 907. The molecule has 0 saturated carbocycles. The third-order valence-corrected chi connectivity index (χ3v) is 4.19. The largest absolute Gasteiger partial charge is 0.452 e. The van der Waals surface area contributed by atoms with Gasteiger partial charge in [0.1, 0.15) is 0 Å². The third kappa shape index (κ3) is 5.22. The van der Waals surface area contributed by atoms with Crippen molar-refractivity contribution in [2.75, 3.05) is 6.61 Å². The number of carbonyl (C=O) groups excluding carboxylic acids is 3. The number of esters is 1. The maximum absolute atomic E-state index is 12.0. The summed E-state index contributed by atoms with van der Waals surface area (Å²) >= 11 is 1.49. The Morgan fingerprint density at radius 2 is 2.07 bits per heavy atom. The molecule has 0 aliphatic carbocycles. The molecule has 0 radical (unpaired) electrons. The number of imide groups is 1. The fraction of sp³-hybridized carbons (Fsp3) is 0.118. The molecule has 3 aromatic rings. The molecule has 3 rings (SSSR count). The van der Waals surface area contributed by atoms with Gasteiger partial charge in [0.15, 0.2) is 12.4 Å². The molecule has 0 aliphatic rings. The minimum absolute atomic E-state index is 0.181. The van der Waals surface area contributed by atoms with Crippen LogP contribution >= 0.6 is 11.3 Å². The molecule has 10 heteroatoms. The van der Waals surface area contributed by atoms with Crippen LogP contribution in [0, 0.1) is 0 Å². The molecule has 2 N–H and O–H groups in total. The van der Waals surface area contributed by atoms with Gasteiger partial charge >= 0.3 is 12.0 Å². The third-order valence-electron chi connectivity index (χ3n) is 3.31. The molecule has 0 saturated heterocycles. The maximum atomic E-state index is 12.0. The number of amides is 3. The van der Waals surface area contributed by atoms with Gasteiger partial charge in [-0.3, -0.25) is 10.1 Å². The Morgan fingerprint density at radius 3 is 2.74 bits per heavy atom.